The van der Waals surface area contributed by atoms with Gasteiger partial charge in [-0.25, -0.2) is 9.67 Å². The van der Waals surface area contributed by atoms with Crippen LogP contribution in [0.3, 0.4) is 0 Å². The number of hydrogen-bond donors (Lipinski definition) is 1. The summed E-state index contributed by atoms with van der Waals surface area (Å²) in [6, 6.07) is 8.09. The Balaban J connectivity index is 1.79. The summed E-state index contributed by atoms with van der Waals surface area (Å²) in [4.78, 5) is 3.98. The fraction of sp³-hybridized carbons (Fsp3) is 0.385. The van der Waals surface area contributed by atoms with Crippen molar-refractivity contribution in [2.45, 2.75) is 6.92 Å². The van der Waals surface area contributed by atoms with Crippen LogP contribution in [0.5, 0.6) is 0 Å². The van der Waals surface area contributed by atoms with E-state index in [0.717, 1.165) is 31.1 Å². The lowest BCUT2D eigenvalue weighted by Crippen LogP contribution is -2.45. The molecule has 0 unspecified atom stereocenters. The molecule has 0 spiro atoms. The summed E-state index contributed by atoms with van der Waals surface area (Å²) in [6.45, 7) is 4.78. The van der Waals surface area contributed by atoms with Crippen LogP contribution in [0.25, 0.3) is 5.69 Å². The number of nitrogens with one attached hydrogen (secondary N) is 1. The molecule has 94 valence electrons. The number of benzene rings is 1. The summed E-state index contributed by atoms with van der Waals surface area (Å²) >= 11 is 0. The van der Waals surface area contributed by atoms with Gasteiger partial charge in [0.2, 0.25) is 0 Å². The maximum Gasteiger partial charge on any atom is 0.138 e. The lowest BCUT2D eigenvalue weighted by Gasteiger charge is -2.38. The lowest BCUT2D eigenvalue weighted by atomic mass is 9.88. The molecule has 0 aliphatic carbocycles. The molecule has 0 radical (unpaired) electrons. The molecule has 1 N–H and O–H groups in total. The van der Waals surface area contributed by atoms with Crippen molar-refractivity contribution in [3.05, 3.63) is 36.9 Å². The van der Waals surface area contributed by atoms with Gasteiger partial charge >= 0.3 is 0 Å². The number of para-hydroxylation sites is 2. The zero-order valence-electron chi connectivity index (χ0n) is 10.3. The molecule has 2 heterocycles. The largest absolute Gasteiger partial charge is 0.383 e. The van der Waals surface area contributed by atoms with Gasteiger partial charge in [0.25, 0.3) is 0 Å². The molecule has 1 aliphatic rings. The Bertz CT molecular complexity index is 520. The Labute approximate surface area is 106 Å². The first-order valence-electron chi connectivity index (χ1n) is 6.03. The molecule has 5 heteroatoms. The van der Waals surface area contributed by atoms with Gasteiger partial charge in [0, 0.05) is 12.0 Å². The van der Waals surface area contributed by atoms with Gasteiger partial charge < -0.3 is 10.1 Å². The number of hydrogen-bond acceptors (Lipinski definition) is 4. The fourth-order valence-electron chi connectivity index (χ4n) is 2.02. The SMILES string of the molecule is CC1(CNc2ccccc2-n2cncn2)COC1. The van der Waals surface area contributed by atoms with E-state index in [1.807, 2.05) is 18.2 Å². The predicted molar refractivity (Wildman–Crippen MR) is 68.8 cm³/mol. The van der Waals surface area contributed by atoms with Crippen molar-refractivity contribution in [3.8, 4) is 5.69 Å². The van der Waals surface area contributed by atoms with Crippen LogP contribution in [0, 0.1) is 5.41 Å². The van der Waals surface area contributed by atoms with Crippen molar-refractivity contribution in [2.75, 3.05) is 25.1 Å². The van der Waals surface area contributed by atoms with Gasteiger partial charge in [0.05, 0.1) is 24.6 Å². The normalized spacial score (nSPS) is 17.2. The van der Waals surface area contributed by atoms with Crippen LogP contribution in [0.1, 0.15) is 6.92 Å². The van der Waals surface area contributed by atoms with Crippen molar-refractivity contribution >= 4 is 5.69 Å². The molecule has 1 aromatic heterocycles. The average molecular weight is 244 g/mol. The third-order valence-electron chi connectivity index (χ3n) is 3.18. The summed E-state index contributed by atoms with van der Waals surface area (Å²) in [6.07, 6.45) is 3.24. The van der Waals surface area contributed by atoms with Crippen LogP contribution in [0.4, 0.5) is 5.69 Å². The highest BCUT2D eigenvalue weighted by Gasteiger charge is 2.33. The summed E-state index contributed by atoms with van der Waals surface area (Å²) < 4.78 is 7.03. The van der Waals surface area contributed by atoms with E-state index in [0.29, 0.717) is 0 Å². The minimum Gasteiger partial charge on any atom is -0.383 e. The minimum absolute atomic E-state index is 0.246. The number of ether oxygens (including phenoxy) is 1. The number of anilines is 1. The van der Waals surface area contributed by atoms with Gasteiger partial charge in [-0.05, 0) is 12.1 Å². The van der Waals surface area contributed by atoms with Crippen LogP contribution < -0.4 is 5.32 Å². The molecule has 5 nitrogen and oxygen atoms in total. The summed E-state index contributed by atoms with van der Waals surface area (Å²) in [5.74, 6) is 0. The Morgan fingerprint density at radius 3 is 2.89 bits per heavy atom. The van der Waals surface area contributed by atoms with Gasteiger partial charge in [-0.3, -0.25) is 0 Å². The average Bonchev–Trinajstić information content (AvgIpc) is 2.88. The van der Waals surface area contributed by atoms with Crippen LogP contribution in [0.15, 0.2) is 36.9 Å². The highest BCUT2D eigenvalue weighted by Crippen LogP contribution is 2.28. The first kappa shape index (κ1) is 11.2. The molecule has 1 saturated heterocycles. The molecule has 0 amide bonds. The molecule has 1 fully saturated rings. The quantitative estimate of drug-likeness (QED) is 0.889. The third kappa shape index (κ3) is 2.09. The maximum absolute atomic E-state index is 5.26. The van der Waals surface area contributed by atoms with E-state index >= 15 is 0 Å². The number of rotatable bonds is 4. The Morgan fingerprint density at radius 1 is 1.39 bits per heavy atom. The molecule has 18 heavy (non-hydrogen) atoms. The van der Waals surface area contributed by atoms with E-state index in [9.17, 15) is 0 Å². The second-order valence-corrected chi connectivity index (χ2v) is 5.01. The van der Waals surface area contributed by atoms with Crippen molar-refractivity contribution < 1.29 is 4.74 Å². The topological polar surface area (TPSA) is 52.0 Å². The molecular weight excluding hydrogens is 228 g/mol. The third-order valence-corrected chi connectivity index (χ3v) is 3.18. The van der Waals surface area contributed by atoms with Gasteiger partial charge in [-0.1, -0.05) is 19.1 Å². The summed E-state index contributed by atoms with van der Waals surface area (Å²) in [7, 11) is 0. The van der Waals surface area contributed by atoms with E-state index in [1.54, 1.807) is 11.0 Å². The fourth-order valence-corrected chi connectivity index (χ4v) is 2.02. The van der Waals surface area contributed by atoms with Gasteiger partial charge in [0.1, 0.15) is 12.7 Å². The molecule has 0 bridgehead atoms. The van der Waals surface area contributed by atoms with Crippen LogP contribution in [-0.2, 0) is 4.74 Å². The molecule has 2 aromatic rings. The second kappa shape index (κ2) is 4.42. The van der Waals surface area contributed by atoms with Crippen LogP contribution in [0.2, 0.25) is 0 Å². The standard InChI is InChI=1S/C13H16N4O/c1-13(7-18-8-13)6-15-11-4-2-3-5-12(11)17-10-14-9-16-17/h2-5,9-10,15H,6-8H2,1H3. The smallest absolute Gasteiger partial charge is 0.138 e. The monoisotopic (exact) mass is 244 g/mol. The highest BCUT2D eigenvalue weighted by atomic mass is 16.5. The van der Waals surface area contributed by atoms with Crippen molar-refractivity contribution in [3.63, 3.8) is 0 Å². The molecule has 1 aliphatic heterocycles. The first-order valence-corrected chi connectivity index (χ1v) is 6.03. The van der Waals surface area contributed by atoms with Crippen LogP contribution in [-0.4, -0.2) is 34.5 Å². The molecule has 1 aromatic carbocycles. The summed E-state index contributed by atoms with van der Waals surface area (Å²) in [5.41, 5.74) is 2.32. The van der Waals surface area contributed by atoms with Crippen molar-refractivity contribution in [1.82, 2.24) is 14.8 Å². The zero-order valence-corrected chi connectivity index (χ0v) is 10.3. The number of nitrogens with zero attached hydrogens (tertiary/aromatic N) is 3. The van der Waals surface area contributed by atoms with Crippen molar-refractivity contribution in [2.24, 2.45) is 5.41 Å². The van der Waals surface area contributed by atoms with Crippen LogP contribution >= 0.6 is 0 Å². The Morgan fingerprint density at radius 2 is 2.22 bits per heavy atom. The van der Waals surface area contributed by atoms with Gasteiger partial charge in [-0.2, -0.15) is 5.10 Å². The van der Waals surface area contributed by atoms with Crippen molar-refractivity contribution in [1.29, 1.82) is 0 Å². The predicted octanol–water partition coefficient (Wildman–Crippen LogP) is 1.72. The minimum atomic E-state index is 0.246. The molecule has 3 rings (SSSR count). The molecular formula is C13H16N4O. The zero-order chi connectivity index (χ0) is 12.4. The lowest BCUT2D eigenvalue weighted by molar-refractivity contribution is -0.0924. The number of aromatic nitrogens is 3. The highest BCUT2D eigenvalue weighted by molar-refractivity contribution is 5.60. The summed E-state index contributed by atoms with van der Waals surface area (Å²) in [5, 5.41) is 7.64. The first-order chi connectivity index (χ1) is 8.77. The van der Waals surface area contributed by atoms with E-state index in [-0.39, 0.29) is 5.41 Å². The Hall–Kier alpha value is -1.88. The Kier molecular flexibility index (Phi) is 2.76. The molecule has 0 atom stereocenters. The van der Waals surface area contributed by atoms with Gasteiger partial charge in [0.15, 0.2) is 0 Å². The van der Waals surface area contributed by atoms with Gasteiger partial charge in [-0.15, -0.1) is 0 Å². The maximum atomic E-state index is 5.26. The molecule has 0 saturated carbocycles. The van der Waals surface area contributed by atoms with E-state index in [2.05, 4.69) is 28.4 Å². The van der Waals surface area contributed by atoms with E-state index in [4.69, 9.17) is 4.74 Å². The van der Waals surface area contributed by atoms with E-state index < -0.39 is 0 Å². The van der Waals surface area contributed by atoms with E-state index in [1.165, 1.54) is 6.33 Å². The second-order valence-electron chi connectivity index (χ2n) is 5.01.